The topological polar surface area (TPSA) is 98.4 Å². The van der Waals surface area contributed by atoms with Crippen LogP contribution in [0.15, 0.2) is 12.4 Å². The molecule has 2 heterocycles. The Labute approximate surface area is 123 Å². The van der Waals surface area contributed by atoms with Gasteiger partial charge in [-0.25, -0.2) is 14.8 Å². The van der Waals surface area contributed by atoms with Gasteiger partial charge in [-0.2, -0.15) is 0 Å². The normalized spacial score (nSPS) is 17.3. The number of nitrogens with zero attached hydrogens (tertiary/aromatic N) is 3. The van der Waals surface area contributed by atoms with Gasteiger partial charge in [0.05, 0.1) is 0 Å². The molecule has 1 atom stereocenters. The molecule has 0 saturated carbocycles. The quantitative estimate of drug-likeness (QED) is 0.830. The molecule has 0 spiro atoms. The molecule has 7 nitrogen and oxygen atoms in total. The van der Waals surface area contributed by atoms with Crippen LogP contribution in [0.2, 0.25) is 0 Å². The van der Waals surface area contributed by atoms with Crippen LogP contribution in [0.5, 0.6) is 0 Å². The van der Waals surface area contributed by atoms with E-state index in [0.29, 0.717) is 19.0 Å². The van der Waals surface area contributed by atoms with Crippen LogP contribution in [-0.4, -0.2) is 45.9 Å². The van der Waals surface area contributed by atoms with Crippen molar-refractivity contribution < 1.29 is 14.3 Å². The molecule has 0 radical (unpaired) electrons. The molecule has 1 saturated heterocycles. The second-order valence-corrected chi connectivity index (χ2v) is 5.35. The zero-order valence-electron chi connectivity index (χ0n) is 12.3. The minimum absolute atomic E-state index is 0.00561. The van der Waals surface area contributed by atoms with Gasteiger partial charge in [-0.15, -0.1) is 0 Å². The van der Waals surface area contributed by atoms with Crippen molar-refractivity contribution in [3.63, 3.8) is 0 Å². The highest BCUT2D eigenvalue weighted by molar-refractivity contribution is 5.94. The molecule has 1 amide bonds. The van der Waals surface area contributed by atoms with Gasteiger partial charge in [-0.3, -0.25) is 4.79 Å². The summed E-state index contributed by atoms with van der Waals surface area (Å²) < 4.78 is 5.15. The number of aromatic nitrogens is 2. The van der Waals surface area contributed by atoms with Gasteiger partial charge in [0.2, 0.25) is 0 Å². The van der Waals surface area contributed by atoms with Gasteiger partial charge in [-0.05, 0) is 25.7 Å². The molecule has 2 rings (SSSR count). The lowest BCUT2D eigenvalue weighted by Gasteiger charge is -2.31. The number of likely N-dealkylation sites (tertiary alicyclic amines) is 1. The first-order valence-electron chi connectivity index (χ1n) is 7.05. The maximum atomic E-state index is 12.2. The lowest BCUT2D eigenvalue weighted by molar-refractivity contribution is -0.141. The van der Waals surface area contributed by atoms with E-state index in [1.165, 1.54) is 12.4 Å². The zero-order chi connectivity index (χ0) is 15.4. The van der Waals surface area contributed by atoms with Crippen LogP contribution in [0.4, 0.5) is 5.82 Å². The maximum absolute atomic E-state index is 12.2. The molecule has 2 N–H and O–H groups in total. The van der Waals surface area contributed by atoms with Crippen molar-refractivity contribution in [1.82, 2.24) is 14.9 Å². The molecular formula is C14H20N4O3. The number of nitrogen functional groups attached to an aromatic ring is 1. The highest BCUT2D eigenvalue weighted by Crippen LogP contribution is 2.17. The lowest BCUT2D eigenvalue weighted by atomic mass is 9.99. The van der Waals surface area contributed by atoms with E-state index in [-0.39, 0.29) is 17.4 Å². The highest BCUT2D eigenvalue weighted by Gasteiger charge is 2.28. The minimum Gasteiger partial charge on any atom is -0.448 e. The van der Waals surface area contributed by atoms with Crippen molar-refractivity contribution in [3.05, 3.63) is 18.1 Å². The van der Waals surface area contributed by atoms with E-state index < -0.39 is 12.1 Å². The van der Waals surface area contributed by atoms with Crippen molar-refractivity contribution in [2.45, 2.75) is 32.8 Å². The predicted molar refractivity (Wildman–Crippen MR) is 76.3 cm³/mol. The number of amides is 1. The van der Waals surface area contributed by atoms with Gasteiger partial charge < -0.3 is 15.4 Å². The Kier molecular flexibility index (Phi) is 4.72. The molecule has 0 aliphatic carbocycles. The van der Waals surface area contributed by atoms with Crippen molar-refractivity contribution in [1.29, 1.82) is 0 Å². The van der Waals surface area contributed by atoms with E-state index in [2.05, 4.69) is 16.9 Å². The average molecular weight is 292 g/mol. The van der Waals surface area contributed by atoms with Gasteiger partial charge in [0, 0.05) is 25.5 Å². The summed E-state index contributed by atoms with van der Waals surface area (Å²) in [6.45, 7) is 5.14. The average Bonchev–Trinajstić information content (AvgIpc) is 2.47. The first-order chi connectivity index (χ1) is 9.99. The molecule has 1 aliphatic rings. The Morgan fingerprint density at radius 3 is 2.57 bits per heavy atom. The summed E-state index contributed by atoms with van der Waals surface area (Å²) in [7, 11) is 0. The number of nitrogens with two attached hydrogens (primary N) is 1. The van der Waals surface area contributed by atoms with Gasteiger partial charge in [0.25, 0.3) is 5.91 Å². The van der Waals surface area contributed by atoms with Crippen molar-refractivity contribution in [2.75, 3.05) is 18.8 Å². The van der Waals surface area contributed by atoms with Crippen LogP contribution in [0.3, 0.4) is 0 Å². The van der Waals surface area contributed by atoms with E-state index in [4.69, 9.17) is 10.5 Å². The van der Waals surface area contributed by atoms with E-state index in [1.807, 2.05) is 0 Å². The summed E-state index contributed by atoms with van der Waals surface area (Å²) in [5.74, 6) is -0.287. The van der Waals surface area contributed by atoms with Gasteiger partial charge >= 0.3 is 5.97 Å². The number of carbonyl (C=O) groups excluding carboxylic acids is 2. The summed E-state index contributed by atoms with van der Waals surface area (Å²) in [6.07, 6.45) is 3.83. The number of rotatable bonds is 3. The first kappa shape index (κ1) is 15.2. The van der Waals surface area contributed by atoms with Crippen molar-refractivity contribution in [3.8, 4) is 0 Å². The Bertz CT molecular complexity index is 527. The third-order valence-corrected chi connectivity index (χ3v) is 3.65. The lowest BCUT2D eigenvalue weighted by Crippen LogP contribution is -2.44. The van der Waals surface area contributed by atoms with Crippen LogP contribution >= 0.6 is 0 Å². The summed E-state index contributed by atoms with van der Waals surface area (Å²) >= 11 is 0. The van der Waals surface area contributed by atoms with Crippen LogP contribution in [0.25, 0.3) is 0 Å². The molecule has 0 aromatic carbocycles. The standard InChI is InChI=1S/C14H20N4O3/c1-9-3-7-18(8-4-9)13(19)10(2)21-14(20)11-12(15)17-6-5-16-11/h5-6,9-10H,3-4,7-8H2,1-2H3,(H2,15,17). The second-order valence-electron chi connectivity index (χ2n) is 5.35. The molecule has 0 bridgehead atoms. The van der Waals surface area contributed by atoms with E-state index in [0.717, 1.165) is 12.8 Å². The fourth-order valence-corrected chi connectivity index (χ4v) is 2.26. The molecule has 7 heteroatoms. The smallest absolute Gasteiger partial charge is 0.361 e. The molecule has 21 heavy (non-hydrogen) atoms. The number of hydrogen-bond donors (Lipinski definition) is 1. The predicted octanol–water partition coefficient (Wildman–Crippen LogP) is 0.863. The van der Waals surface area contributed by atoms with E-state index in [9.17, 15) is 9.59 Å². The molecular weight excluding hydrogens is 272 g/mol. The number of esters is 1. The van der Waals surface area contributed by atoms with Crippen molar-refractivity contribution in [2.24, 2.45) is 5.92 Å². The largest absolute Gasteiger partial charge is 0.448 e. The molecule has 1 fully saturated rings. The third-order valence-electron chi connectivity index (χ3n) is 3.65. The molecule has 114 valence electrons. The molecule has 1 aliphatic heterocycles. The highest BCUT2D eigenvalue weighted by atomic mass is 16.5. The molecule has 1 aromatic rings. The fraction of sp³-hybridized carbons (Fsp3) is 0.571. The van der Waals surface area contributed by atoms with Gasteiger partial charge in [0.15, 0.2) is 17.6 Å². The Balaban J connectivity index is 1.95. The number of anilines is 1. The second kappa shape index (κ2) is 6.51. The van der Waals surface area contributed by atoms with Crippen LogP contribution in [0.1, 0.15) is 37.2 Å². The summed E-state index contributed by atoms with van der Waals surface area (Å²) in [4.78, 5) is 33.5. The summed E-state index contributed by atoms with van der Waals surface area (Å²) in [5.41, 5.74) is 5.50. The number of ether oxygens (including phenoxy) is 1. The van der Waals surface area contributed by atoms with Crippen LogP contribution < -0.4 is 5.73 Å². The van der Waals surface area contributed by atoms with Crippen LogP contribution in [0, 0.1) is 5.92 Å². The number of carbonyl (C=O) groups is 2. The molecule has 1 aromatic heterocycles. The Hall–Kier alpha value is -2.18. The minimum atomic E-state index is -0.854. The summed E-state index contributed by atoms with van der Waals surface area (Å²) in [5, 5.41) is 0. The first-order valence-corrected chi connectivity index (χ1v) is 7.05. The monoisotopic (exact) mass is 292 g/mol. The van der Waals surface area contributed by atoms with Gasteiger partial charge in [-0.1, -0.05) is 6.92 Å². The Morgan fingerprint density at radius 1 is 1.33 bits per heavy atom. The Morgan fingerprint density at radius 2 is 1.95 bits per heavy atom. The van der Waals surface area contributed by atoms with E-state index >= 15 is 0 Å². The number of hydrogen-bond acceptors (Lipinski definition) is 6. The van der Waals surface area contributed by atoms with Gasteiger partial charge in [0.1, 0.15) is 0 Å². The number of piperidine rings is 1. The van der Waals surface area contributed by atoms with E-state index in [1.54, 1.807) is 11.8 Å². The zero-order valence-corrected chi connectivity index (χ0v) is 12.3. The third kappa shape index (κ3) is 3.68. The molecule has 1 unspecified atom stereocenters. The summed E-state index contributed by atoms with van der Waals surface area (Å²) in [6, 6.07) is 0. The SMILES string of the molecule is CC1CCN(C(=O)C(C)OC(=O)c2nccnc2N)CC1. The maximum Gasteiger partial charge on any atom is 0.361 e. The van der Waals surface area contributed by atoms with Crippen LogP contribution in [-0.2, 0) is 9.53 Å². The van der Waals surface area contributed by atoms with Crippen molar-refractivity contribution >= 4 is 17.7 Å². The fourth-order valence-electron chi connectivity index (χ4n) is 2.26.